The summed E-state index contributed by atoms with van der Waals surface area (Å²) < 4.78 is 36.5. The lowest BCUT2D eigenvalue weighted by molar-refractivity contribution is 0.215. The van der Waals surface area contributed by atoms with Gasteiger partial charge in [0.2, 0.25) is 0 Å². The average Bonchev–Trinajstić information content (AvgIpc) is 2.38. The second-order valence-electron chi connectivity index (χ2n) is 5.15. The van der Waals surface area contributed by atoms with Gasteiger partial charge in [0, 0.05) is 24.4 Å². The van der Waals surface area contributed by atoms with E-state index in [1.165, 1.54) is 12.3 Å². The second-order valence-corrected chi connectivity index (χ2v) is 7.41. The quantitative estimate of drug-likeness (QED) is 0.830. The van der Waals surface area contributed by atoms with Gasteiger partial charge in [-0.3, -0.25) is 4.90 Å². The van der Waals surface area contributed by atoms with Crippen LogP contribution in [0.4, 0.5) is 4.39 Å². The van der Waals surface area contributed by atoms with Crippen molar-refractivity contribution in [2.24, 2.45) is 5.73 Å². The predicted molar refractivity (Wildman–Crippen MR) is 79.7 cm³/mol. The van der Waals surface area contributed by atoms with E-state index in [4.69, 9.17) is 5.73 Å². The standard InChI is InChI=1S/C14H23FN2O2S/c1-4-13(16)14(11-7-5-6-8-12(11)15)17(2)9-10-20(3,18)19/h5-8,13-14H,4,9-10,16H2,1-3H3. The number of nitrogens with zero attached hydrogens (tertiary/aromatic N) is 1. The third-order valence-corrected chi connectivity index (χ3v) is 4.31. The zero-order valence-corrected chi connectivity index (χ0v) is 13.0. The lowest BCUT2D eigenvalue weighted by Gasteiger charge is -2.32. The number of halogens is 1. The molecule has 0 saturated carbocycles. The van der Waals surface area contributed by atoms with Crippen LogP contribution in [0.25, 0.3) is 0 Å². The monoisotopic (exact) mass is 302 g/mol. The Morgan fingerprint density at radius 1 is 1.35 bits per heavy atom. The first-order valence-corrected chi connectivity index (χ1v) is 8.70. The first-order chi connectivity index (χ1) is 9.26. The first kappa shape index (κ1) is 17.1. The van der Waals surface area contributed by atoms with Crippen LogP contribution in [0.15, 0.2) is 24.3 Å². The van der Waals surface area contributed by atoms with Crippen LogP contribution in [0.1, 0.15) is 24.9 Å². The SMILES string of the molecule is CCC(N)C(c1ccccc1F)N(C)CCS(C)(=O)=O. The zero-order chi connectivity index (χ0) is 15.3. The maximum Gasteiger partial charge on any atom is 0.148 e. The highest BCUT2D eigenvalue weighted by atomic mass is 32.2. The van der Waals surface area contributed by atoms with Gasteiger partial charge in [0.05, 0.1) is 11.8 Å². The summed E-state index contributed by atoms with van der Waals surface area (Å²) in [5.41, 5.74) is 6.61. The summed E-state index contributed by atoms with van der Waals surface area (Å²) in [7, 11) is -1.28. The largest absolute Gasteiger partial charge is 0.326 e. The van der Waals surface area contributed by atoms with Crippen LogP contribution in [0.5, 0.6) is 0 Å². The molecule has 0 saturated heterocycles. The molecule has 0 aliphatic heterocycles. The molecule has 0 aliphatic rings. The van der Waals surface area contributed by atoms with Crippen LogP contribution < -0.4 is 5.73 Å². The maximum atomic E-state index is 14.0. The molecular formula is C14H23FN2O2S. The van der Waals surface area contributed by atoms with Crippen molar-refractivity contribution in [3.8, 4) is 0 Å². The molecule has 0 heterocycles. The van der Waals surface area contributed by atoms with Crippen LogP contribution >= 0.6 is 0 Å². The van der Waals surface area contributed by atoms with Crippen LogP contribution in [0.2, 0.25) is 0 Å². The van der Waals surface area contributed by atoms with Gasteiger partial charge in [0.1, 0.15) is 15.7 Å². The van der Waals surface area contributed by atoms with Crippen LogP contribution in [-0.2, 0) is 9.84 Å². The molecule has 0 amide bonds. The molecule has 1 rings (SSSR count). The number of likely N-dealkylation sites (N-methyl/N-ethyl adjacent to an activating group) is 1. The number of nitrogens with two attached hydrogens (primary N) is 1. The van der Waals surface area contributed by atoms with E-state index < -0.39 is 9.84 Å². The molecule has 0 spiro atoms. The lowest BCUT2D eigenvalue weighted by Crippen LogP contribution is -2.41. The van der Waals surface area contributed by atoms with Crippen LogP contribution in [0, 0.1) is 5.82 Å². The molecule has 0 aromatic heterocycles. The van der Waals surface area contributed by atoms with Gasteiger partial charge in [0.25, 0.3) is 0 Å². The minimum atomic E-state index is -3.05. The van der Waals surface area contributed by atoms with E-state index in [0.717, 1.165) is 0 Å². The number of benzene rings is 1. The molecule has 6 heteroatoms. The fraction of sp³-hybridized carbons (Fsp3) is 0.571. The Morgan fingerprint density at radius 3 is 2.45 bits per heavy atom. The van der Waals surface area contributed by atoms with E-state index in [9.17, 15) is 12.8 Å². The molecular weight excluding hydrogens is 279 g/mol. The topological polar surface area (TPSA) is 63.4 Å². The molecule has 0 fully saturated rings. The van der Waals surface area contributed by atoms with Gasteiger partial charge >= 0.3 is 0 Å². The summed E-state index contributed by atoms with van der Waals surface area (Å²) in [5, 5.41) is 0. The molecule has 114 valence electrons. The molecule has 2 N–H and O–H groups in total. The van der Waals surface area contributed by atoms with Gasteiger partial charge in [-0.15, -0.1) is 0 Å². The van der Waals surface area contributed by atoms with Crippen molar-refractivity contribution in [3.63, 3.8) is 0 Å². The van der Waals surface area contributed by atoms with Crippen molar-refractivity contribution in [1.82, 2.24) is 4.90 Å². The lowest BCUT2D eigenvalue weighted by atomic mass is 9.96. The van der Waals surface area contributed by atoms with E-state index in [-0.39, 0.29) is 23.7 Å². The summed E-state index contributed by atoms with van der Waals surface area (Å²) in [5.74, 6) is -0.280. The molecule has 0 bridgehead atoms. The second kappa shape index (κ2) is 7.15. The number of sulfone groups is 1. The van der Waals surface area contributed by atoms with Crippen molar-refractivity contribution in [2.75, 3.05) is 25.6 Å². The van der Waals surface area contributed by atoms with Gasteiger partial charge < -0.3 is 5.73 Å². The van der Waals surface area contributed by atoms with Crippen molar-refractivity contribution in [3.05, 3.63) is 35.6 Å². The number of hydrogen-bond acceptors (Lipinski definition) is 4. The fourth-order valence-corrected chi connectivity index (χ4v) is 2.80. The zero-order valence-electron chi connectivity index (χ0n) is 12.2. The Balaban J connectivity index is 2.98. The third kappa shape index (κ3) is 4.85. The van der Waals surface area contributed by atoms with Crippen LogP contribution in [-0.4, -0.2) is 45.0 Å². The molecule has 0 radical (unpaired) electrons. The normalized spacial score (nSPS) is 15.3. The van der Waals surface area contributed by atoms with Gasteiger partial charge in [-0.2, -0.15) is 0 Å². The van der Waals surface area contributed by atoms with E-state index in [1.807, 2.05) is 11.8 Å². The van der Waals surface area contributed by atoms with E-state index in [0.29, 0.717) is 18.5 Å². The molecule has 1 aromatic rings. The molecule has 2 unspecified atom stereocenters. The highest BCUT2D eigenvalue weighted by Crippen LogP contribution is 2.26. The third-order valence-electron chi connectivity index (χ3n) is 3.39. The smallest absolute Gasteiger partial charge is 0.148 e. The Kier molecular flexibility index (Phi) is 6.10. The summed E-state index contributed by atoms with van der Waals surface area (Å²) >= 11 is 0. The van der Waals surface area contributed by atoms with Gasteiger partial charge in [-0.1, -0.05) is 25.1 Å². The molecule has 20 heavy (non-hydrogen) atoms. The summed E-state index contributed by atoms with van der Waals surface area (Å²) in [6, 6.07) is 5.91. The Hall–Kier alpha value is -0.980. The van der Waals surface area contributed by atoms with E-state index in [2.05, 4.69) is 0 Å². The Morgan fingerprint density at radius 2 is 1.95 bits per heavy atom. The summed E-state index contributed by atoms with van der Waals surface area (Å²) in [6.07, 6.45) is 1.88. The number of hydrogen-bond donors (Lipinski definition) is 1. The maximum absolute atomic E-state index is 14.0. The molecule has 2 atom stereocenters. The predicted octanol–water partition coefficient (Wildman–Crippen LogP) is 1.58. The first-order valence-electron chi connectivity index (χ1n) is 6.64. The van der Waals surface area contributed by atoms with Crippen molar-refractivity contribution in [1.29, 1.82) is 0 Å². The Bertz CT molecular complexity index is 534. The van der Waals surface area contributed by atoms with Crippen molar-refractivity contribution < 1.29 is 12.8 Å². The van der Waals surface area contributed by atoms with Gasteiger partial charge in [-0.25, -0.2) is 12.8 Å². The highest BCUT2D eigenvalue weighted by Gasteiger charge is 2.26. The average molecular weight is 302 g/mol. The fourth-order valence-electron chi connectivity index (χ4n) is 2.18. The summed E-state index contributed by atoms with van der Waals surface area (Å²) in [6.45, 7) is 2.26. The van der Waals surface area contributed by atoms with Crippen molar-refractivity contribution >= 4 is 9.84 Å². The van der Waals surface area contributed by atoms with E-state index in [1.54, 1.807) is 25.2 Å². The highest BCUT2D eigenvalue weighted by molar-refractivity contribution is 7.90. The van der Waals surface area contributed by atoms with Gasteiger partial charge in [-0.05, 0) is 19.5 Å². The Labute approximate surface area is 120 Å². The van der Waals surface area contributed by atoms with Crippen molar-refractivity contribution in [2.45, 2.75) is 25.4 Å². The van der Waals surface area contributed by atoms with E-state index >= 15 is 0 Å². The molecule has 4 nitrogen and oxygen atoms in total. The summed E-state index contributed by atoms with van der Waals surface area (Å²) in [4.78, 5) is 1.81. The minimum Gasteiger partial charge on any atom is -0.326 e. The van der Waals surface area contributed by atoms with Gasteiger partial charge in [0.15, 0.2) is 0 Å². The molecule has 1 aromatic carbocycles. The minimum absolute atomic E-state index is 0.0326. The van der Waals surface area contributed by atoms with Crippen LogP contribution in [0.3, 0.4) is 0 Å². The molecule has 0 aliphatic carbocycles. The number of rotatable bonds is 7.